The molecule has 11 rings (SSSR count). The Balaban J connectivity index is 1.07. The third-order valence-corrected chi connectivity index (χ3v) is 15.4. The molecule has 0 unspecified atom stereocenters. The maximum absolute atomic E-state index is 6.93. The van der Waals surface area contributed by atoms with Crippen molar-refractivity contribution in [1.82, 2.24) is 9.97 Å². The first-order valence-electron chi connectivity index (χ1n) is 22.4. The molecule has 6 nitrogen and oxygen atoms in total. The van der Waals surface area contributed by atoms with Crippen LogP contribution >= 0.6 is 0 Å². The van der Waals surface area contributed by atoms with E-state index >= 15 is 0 Å². The summed E-state index contributed by atoms with van der Waals surface area (Å²) in [6.07, 6.45) is 15.3. The summed E-state index contributed by atoms with van der Waals surface area (Å²) in [4.78, 5) is 9.51. The molecular formula is C52H64N4O2+2. The van der Waals surface area contributed by atoms with Crippen molar-refractivity contribution in [3.63, 3.8) is 0 Å². The van der Waals surface area contributed by atoms with Crippen LogP contribution in [0.5, 0.6) is 0 Å². The van der Waals surface area contributed by atoms with Gasteiger partial charge in [0.2, 0.25) is 0 Å². The predicted molar refractivity (Wildman–Crippen MR) is 236 cm³/mol. The van der Waals surface area contributed by atoms with Gasteiger partial charge in [-0.1, -0.05) is 80.6 Å². The fraction of sp³-hybridized carbons (Fsp3) is 0.462. The molecule has 0 radical (unpaired) electrons. The van der Waals surface area contributed by atoms with Crippen molar-refractivity contribution in [1.29, 1.82) is 0 Å². The number of pyridine rings is 2. The Morgan fingerprint density at radius 3 is 1.55 bits per heavy atom. The van der Waals surface area contributed by atoms with Gasteiger partial charge in [-0.05, 0) is 66.1 Å². The number of hydrogen-bond donors (Lipinski definition) is 0. The molecule has 6 saturated heterocycles. The third-order valence-electron chi connectivity index (χ3n) is 15.4. The lowest BCUT2D eigenvalue weighted by Gasteiger charge is -2.59. The van der Waals surface area contributed by atoms with Gasteiger partial charge in [0.1, 0.15) is 37.4 Å². The smallest absolute Gasteiger partial charge is 0.135 e. The van der Waals surface area contributed by atoms with E-state index in [0.29, 0.717) is 25.3 Å². The number of piperidine rings is 6. The molecule has 302 valence electrons. The molecule has 0 spiro atoms. The van der Waals surface area contributed by atoms with Crippen LogP contribution in [0.2, 0.25) is 0 Å². The fourth-order valence-electron chi connectivity index (χ4n) is 12.7. The van der Waals surface area contributed by atoms with Crippen LogP contribution in [0.3, 0.4) is 0 Å². The Morgan fingerprint density at radius 2 is 1.10 bits per heavy atom. The van der Waals surface area contributed by atoms with E-state index in [1.807, 2.05) is 24.5 Å². The molecule has 6 fully saturated rings. The van der Waals surface area contributed by atoms with Gasteiger partial charge in [-0.25, -0.2) is 0 Å². The molecule has 58 heavy (non-hydrogen) atoms. The van der Waals surface area contributed by atoms with Crippen molar-refractivity contribution >= 4 is 21.8 Å². The van der Waals surface area contributed by atoms with E-state index in [1.165, 1.54) is 97.7 Å². The summed E-state index contributed by atoms with van der Waals surface area (Å²) in [6, 6.07) is 32.2. The van der Waals surface area contributed by atoms with Crippen molar-refractivity contribution < 1.29 is 18.4 Å². The molecule has 0 amide bonds. The molecule has 10 atom stereocenters. The molecule has 6 heteroatoms. The van der Waals surface area contributed by atoms with Crippen LogP contribution in [-0.4, -0.2) is 70.4 Å². The molecule has 6 aliphatic rings. The SMILES string of the molecule is C=CCO[C@@H](c1ccnc2ccccc12)[C@H]1C[C@@H]2CC[N@@+]1(Cc1cccc(C[N@@+]34CC[C@@H](C[C@@H]3[C@@H](OCC=C)c3ccnc5ccccc35)[C@@H](CC)C4)c1)C[C@@H]2CC. The Kier molecular flexibility index (Phi) is 11.4. The minimum atomic E-state index is -0.0221. The zero-order valence-electron chi connectivity index (χ0n) is 34.9. The third kappa shape index (κ3) is 7.25. The topological polar surface area (TPSA) is 44.2 Å². The van der Waals surface area contributed by atoms with E-state index < -0.39 is 0 Å². The zero-order chi connectivity index (χ0) is 39.7. The summed E-state index contributed by atoms with van der Waals surface area (Å²) in [6.45, 7) is 21.0. The molecule has 4 bridgehead atoms. The van der Waals surface area contributed by atoms with Crippen molar-refractivity contribution in [3.8, 4) is 0 Å². The van der Waals surface area contributed by atoms with Gasteiger partial charge in [0.15, 0.2) is 0 Å². The van der Waals surface area contributed by atoms with Gasteiger partial charge >= 0.3 is 0 Å². The number of rotatable bonds is 16. The highest BCUT2D eigenvalue weighted by atomic mass is 16.5. The highest BCUT2D eigenvalue weighted by Gasteiger charge is 2.56. The van der Waals surface area contributed by atoms with Gasteiger partial charge < -0.3 is 18.4 Å². The van der Waals surface area contributed by atoms with Gasteiger partial charge in [0.05, 0.1) is 50.4 Å². The molecule has 3 aromatic carbocycles. The standard InChI is InChI=1S/C52H64N4O2/c1-5-28-57-51(45-20-24-53-47-18-11-9-16-43(45)47)49-31-41-22-26-55(49,35-39(41)7-3)33-37-14-13-15-38(30-37)34-56-27-23-42(40(8-4)36-56)32-50(56)52(58-29-6-2)46-21-25-54-48-19-12-10-17-44(46)48/h5-6,9-21,24-25,30,39-42,49-52H,1-2,7-8,22-23,26-29,31-36H2,3-4H3/q+2/t39-,40-,41-,42-,49+,50+,51-,52-,55+,56+/m0/s1. The monoisotopic (exact) mass is 777 g/mol. The van der Waals surface area contributed by atoms with E-state index in [-0.39, 0.29) is 12.2 Å². The summed E-state index contributed by atoms with van der Waals surface area (Å²) in [5.74, 6) is 3.00. The number of benzene rings is 3. The van der Waals surface area contributed by atoms with Crippen LogP contribution in [0.15, 0.2) is 123 Å². The summed E-state index contributed by atoms with van der Waals surface area (Å²) in [5, 5.41) is 2.42. The van der Waals surface area contributed by atoms with E-state index in [9.17, 15) is 0 Å². The number of hydrogen-bond acceptors (Lipinski definition) is 4. The summed E-state index contributed by atoms with van der Waals surface area (Å²) >= 11 is 0. The largest absolute Gasteiger partial charge is 0.363 e. The maximum atomic E-state index is 6.93. The second kappa shape index (κ2) is 16.8. The van der Waals surface area contributed by atoms with Crippen molar-refractivity contribution in [2.75, 3.05) is 39.4 Å². The van der Waals surface area contributed by atoms with E-state index in [4.69, 9.17) is 19.4 Å². The summed E-state index contributed by atoms with van der Waals surface area (Å²) in [5.41, 5.74) is 7.57. The molecule has 6 aliphatic heterocycles. The van der Waals surface area contributed by atoms with E-state index in [0.717, 1.165) is 56.8 Å². The minimum absolute atomic E-state index is 0.0221. The van der Waals surface area contributed by atoms with Gasteiger partial charge in [-0.15, -0.1) is 13.2 Å². The van der Waals surface area contributed by atoms with Crippen LogP contribution in [0, 0.1) is 23.7 Å². The van der Waals surface area contributed by atoms with Gasteiger partial charge in [-0.2, -0.15) is 0 Å². The summed E-state index contributed by atoms with van der Waals surface area (Å²) in [7, 11) is 0. The Morgan fingerprint density at radius 1 is 0.638 bits per heavy atom. The molecule has 2 aromatic heterocycles. The zero-order valence-corrected chi connectivity index (χ0v) is 34.9. The van der Waals surface area contributed by atoms with Crippen LogP contribution in [0.4, 0.5) is 0 Å². The average molecular weight is 777 g/mol. The molecule has 0 aliphatic carbocycles. The van der Waals surface area contributed by atoms with Crippen molar-refractivity contribution in [2.24, 2.45) is 23.7 Å². The number of para-hydroxylation sites is 2. The minimum Gasteiger partial charge on any atom is -0.363 e. The maximum Gasteiger partial charge on any atom is 0.135 e. The van der Waals surface area contributed by atoms with Gasteiger partial charge in [0.25, 0.3) is 0 Å². The van der Waals surface area contributed by atoms with Crippen molar-refractivity contribution in [3.05, 3.63) is 145 Å². The summed E-state index contributed by atoms with van der Waals surface area (Å²) < 4.78 is 16.0. The van der Waals surface area contributed by atoms with Crippen LogP contribution in [0.25, 0.3) is 21.8 Å². The van der Waals surface area contributed by atoms with Crippen molar-refractivity contribution in [2.45, 2.75) is 89.8 Å². The van der Waals surface area contributed by atoms with Gasteiger partial charge in [-0.3, -0.25) is 9.97 Å². The number of ether oxygens (including phenoxy) is 2. The number of fused-ring (bicyclic) bond motifs is 8. The highest BCUT2D eigenvalue weighted by molar-refractivity contribution is 5.83. The molecular weight excluding hydrogens is 713 g/mol. The first-order chi connectivity index (χ1) is 28.5. The molecule has 0 N–H and O–H groups in total. The quantitative estimate of drug-likeness (QED) is 0.0739. The van der Waals surface area contributed by atoms with E-state index in [1.54, 1.807) is 0 Å². The Labute approximate surface area is 346 Å². The molecule has 8 heterocycles. The fourth-order valence-corrected chi connectivity index (χ4v) is 12.7. The first kappa shape index (κ1) is 39.3. The lowest BCUT2D eigenvalue weighted by atomic mass is 9.70. The van der Waals surface area contributed by atoms with Crippen LogP contribution in [0.1, 0.15) is 86.8 Å². The normalized spacial score (nSPS) is 30.0. The Hall–Kier alpha value is -4.20. The molecule has 0 saturated carbocycles. The number of quaternary nitrogens is 2. The average Bonchev–Trinajstić information content (AvgIpc) is 3.27. The van der Waals surface area contributed by atoms with E-state index in [2.05, 4.69) is 112 Å². The van der Waals surface area contributed by atoms with Crippen LogP contribution in [-0.2, 0) is 22.6 Å². The lowest BCUT2D eigenvalue weighted by molar-refractivity contribution is -0.986. The highest BCUT2D eigenvalue weighted by Crippen LogP contribution is 2.51. The molecule has 5 aromatic rings. The van der Waals surface area contributed by atoms with Gasteiger partial charge in [0, 0.05) is 71.8 Å². The lowest BCUT2D eigenvalue weighted by Crippen LogP contribution is -2.68. The second-order valence-corrected chi connectivity index (χ2v) is 18.3. The first-order valence-corrected chi connectivity index (χ1v) is 22.4. The van der Waals surface area contributed by atoms with Crippen LogP contribution < -0.4 is 0 Å². The second-order valence-electron chi connectivity index (χ2n) is 18.3. The number of nitrogens with zero attached hydrogens (tertiary/aromatic N) is 4. The number of aromatic nitrogens is 2. The Bertz CT molecular complexity index is 2080. The predicted octanol–water partition coefficient (Wildman–Crippen LogP) is 10.9.